The Morgan fingerprint density at radius 1 is 0.943 bits per heavy atom. The van der Waals surface area contributed by atoms with Crippen LogP contribution in [0.15, 0.2) is 93.4 Å². The summed E-state index contributed by atoms with van der Waals surface area (Å²) in [6.45, 7) is 0.334. The van der Waals surface area contributed by atoms with Crippen molar-refractivity contribution in [1.29, 1.82) is 0 Å². The number of oxazole rings is 1. The zero-order valence-corrected chi connectivity index (χ0v) is 20.1. The molecule has 0 aliphatic rings. The highest BCUT2D eigenvalue weighted by atomic mass is 32.2. The van der Waals surface area contributed by atoms with E-state index in [0.717, 1.165) is 11.1 Å². The molecule has 0 unspecified atom stereocenters. The number of para-hydroxylation sites is 1. The van der Waals surface area contributed by atoms with Crippen LogP contribution < -0.4 is 15.0 Å². The first kappa shape index (κ1) is 22.7. The highest BCUT2D eigenvalue weighted by molar-refractivity contribution is 7.98. The zero-order valence-electron chi connectivity index (χ0n) is 19.3. The molecule has 0 radical (unpaired) electrons. The van der Waals surface area contributed by atoms with Crippen LogP contribution in [0.25, 0.3) is 22.2 Å². The maximum atomic E-state index is 13.4. The monoisotopic (exact) mass is 485 g/mol. The summed E-state index contributed by atoms with van der Waals surface area (Å²) in [4.78, 5) is 22.7. The molecule has 35 heavy (non-hydrogen) atoms. The van der Waals surface area contributed by atoms with Crippen LogP contribution in [0.1, 0.15) is 11.5 Å². The van der Waals surface area contributed by atoms with E-state index in [1.807, 2.05) is 66.7 Å². The van der Waals surface area contributed by atoms with Gasteiger partial charge in [-0.2, -0.15) is 0 Å². The van der Waals surface area contributed by atoms with E-state index in [0.29, 0.717) is 51.5 Å². The minimum atomic E-state index is -0.106. The number of aromatic nitrogens is 3. The Labute approximate surface area is 206 Å². The molecule has 0 spiro atoms. The molecule has 176 valence electrons. The van der Waals surface area contributed by atoms with E-state index in [9.17, 15) is 4.79 Å². The molecule has 5 aromatic rings. The average molecular weight is 486 g/mol. The molecule has 0 saturated heterocycles. The second-order valence-corrected chi connectivity index (χ2v) is 8.71. The largest absolute Gasteiger partial charge is 0.493 e. The van der Waals surface area contributed by atoms with Crippen LogP contribution in [0.5, 0.6) is 11.5 Å². The van der Waals surface area contributed by atoms with Crippen molar-refractivity contribution < 1.29 is 13.9 Å². The summed E-state index contributed by atoms with van der Waals surface area (Å²) in [6, 6.07) is 22.8. The highest BCUT2D eigenvalue weighted by Gasteiger charge is 2.15. The SMILES string of the molecule is COc1ccc(Cn2c(SCc3ncc(-c4ccccc4)o3)nc3ccccc3c2=O)cc1OC. The van der Waals surface area contributed by atoms with Crippen LogP contribution in [0.4, 0.5) is 0 Å². The van der Waals surface area contributed by atoms with Crippen LogP contribution in [0.2, 0.25) is 0 Å². The minimum absolute atomic E-state index is 0.106. The first-order valence-corrected chi connectivity index (χ1v) is 12.0. The normalized spacial score (nSPS) is 11.0. The predicted molar refractivity (Wildman–Crippen MR) is 136 cm³/mol. The van der Waals surface area contributed by atoms with Crippen molar-refractivity contribution >= 4 is 22.7 Å². The topological polar surface area (TPSA) is 79.4 Å². The lowest BCUT2D eigenvalue weighted by molar-refractivity contribution is 0.354. The molecule has 3 aromatic carbocycles. The van der Waals surface area contributed by atoms with Gasteiger partial charge >= 0.3 is 0 Å². The fraction of sp³-hybridized carbons (Fsp3) is 0.148. The summed E-state index contributed by atoms with van der Waals surface area (Å²) in [5, 5.41) is 1.16. The van der Waals surface area contributed by atoms with Gasteiger partial charge in [0.05, 0.1) is 43.6 Å². The van der Waals surface area contributed by atoms with E-state index in [1.165, 1.54) is 11.8 Å². The summed E-state index contributed by atoms with van der Waals surface area (Å²) >= 11 is 1.41. The Morgan fingerprint density at radius 2 is 1.71 bits per heavy atom. The van der Waals surface area contributed by atoms with Crippen molar-refractivity contribution in [2.75, 3.05) is 14.2 Å². The fourth-order valence-corrected chi connectivity index (χ4v) is 4.65. The Kier molecular flexibility index (Phi) is 6.54. The standard InChI is InChI=1S/C27H23N3O4S/c1-32-22-13-12-18(14-23(22)33-2)16-30-26(31)20-10-6-7-11-21(20)29-27(30)35-17-25-28-15-24(34-25)19-8-4-3-5-9-19/h3-15H,16-17H2,1-2H3. The number of nitrogens with zero attached hydrogens (tertiary/aromatic N) is 3. The predicted octanol–water partition coefficient (Wildman–Crippen LogP) is 5.41. The van der Waals surface area contributed by atoms with Crippen LogP contribution in [0, 0.1) is 0 Å². The quantitative estimate of drug-likeness (QED) is 0.215. The Bertz CT molecular complexity index is 1530. The van der Waals surface area contributed by atoms with Crippen molar-refractivity contribution in [3.63, 3.8) is 0 Å². The number of fused-ring (bicyclic) bond motifs is 1. The maximum Gasteiger partial charge on any atom is 0.262 e. The average Bonchev–Trinajstić information content (AvgIpc) is 3.39. The van der Waals surface area contributed by atoms with E-state index >= 15 is 0 Å². The third-order valence-corrected chi connectivity index (χ3v) is 6.51. The van der Waals surface area contributed by atoms with Gasteiger partial charge in [-0.25, -0.2) is 9.97 Å². The summed E-state index contributed by atoms with van der Waals surface area (Å²) in [7, 11) is 3.18. The van der Waals surface area contributed by atoms with Gasteiger partial charge in [0.15, 0.2) is 22.4 Å². The Balaban J connectivity index is 1.47. The van der Waals surface area contributed by atoms with Gasteiger partial charge in [-0.1, -0.05) is 60.3 Å². The van der Waals surface area contributed by atoms with Crippen molar-refractivity contribution in [3.8, 4) is 22.8 Å². The number of rotatable bonds is 8. The molecular formula is C27H23N3O4S. The van der Waals surface area contributed by atoms with E-state index in [1.54, 1.807) is 31.0 Å². The van der Waals surface area contributed by atoms with Crippen LogP contribution in [-0.2, 0) is 12.3 Å². The Hall–Kier alpha value is -4.04. The van der Waals surface area contributed by atoms with Gasteiger partial charge in [-0.05, 0) is 29.8 Å². The van der Waals surface area contributed by atoms with Crippen LogP contribution in [-0.4, -0.2) is 28.8 Å². The summed E-state index contributed by atoms with van der Waals surface area (Å²) in [6.07, 6.45) is 1.72. The second kappa shape index (κ2) is 10.1. The number of thioether (sulfide) groups is 1. The lowest BCUT2D eigenvalue weighted by atomic mass is 10.2. The number of methoxy groups -OCH3 is 2. The number of hydrogen-bond acceptors (Lipinski definition) is 7. The van der Waals surface area contributed by atoms with Gasteiger partial charge in [0.1, 0.15) is 0 Å². The van der Waals surface area contributed by atoms with E-state index in [-0.39, 0.29) is 5.56 Å². The minimum Gasteiger partial charge on any atom is -0.493 e. The van der Waals surface area contributed by atoms with Gasteiger partial charge in [-0.15, -0.1) is 0 Å². The number of hydrogen-bond donors (Lipinski definition) is 0. The molecule has 0 N–H and O–H groups in total. The second-order valence-electron chi connectivity index (χ2n) is 7.77. The van der Waals surface area contributed by atoms with Crippen LogP contribution in [0.3, 0.4) is 0 Å². The molecule has 5 rings (SSSR count). The van der Waals surface area contributed by atoms with E-state index in [4.69, 9.17) is 18.9 Å². The third-order valence-electron chi connectivity index (χ3n) is 5.55. The lowest BCUT2D eigenvalue weighted by Crippen LogP contribution is -2.24. The molecule has 2 aromatic heterocycles. The third kappa shape index (κ3) is 4.79. The lowest BCUT2D eigenvalue weighted by Gasteiger charge is -2.14. The molecule has 0 bridgehead atoms. The molecule has 0 saturated carbocycles. The highest BCUT2D eigenvalue weighted by Crippen LogP contribution is 2.29. The summed E-state index contributed by atoms with van der Waals surface area (Å²) in [5.74, 6) is 2.94. The number of ether oxygens (including phenoxy) is 2. The zero-order chi connectivity index (χ0) is 24.2. The molecule has 7 nitrogen and oxygen atoms in total. The molecule has 8 heteroatoms. The summed E-state index contributed by atoms with van der Waals surface area (Å²) in [5.41, 5.74) is 2.41. The molecule has 0 atom stereocenters. The van der Waals surface area contributed by atoms with Gasteiger partial charge in [-0.3, -0.25) is 9.36 Å². The first-order chi connectivity index (χ1) is 17.2. The fourth-order valence-electron chi connectivity index (χ4n) is 3.80. The molecule has 2 heterocycles. The van der Waals surface area contributed by atoms with Gasteiger partial charge < -0.3 is 13.9 Å². The van der Waals surface area contributed by atoms with Crippen molar-refractivity contribution in [2.45, 2.75) is 17.5 Å². The van der Waals surface area contributed by atoms with Gasteiger partial charge in [0.2, 0.25) is 5.89 Å². The molecule has 0 fully saturated rings. The molecule has 0 aliphatic heterocycles. The van der Waals surface area contributed by atoms with Gasteiger partial charge in [0.25, 0.3) is 5.56 Å². The smallest absolute Gasteiger partial charge is 0.262 e. The van der Waals surface area contributed by atoms with E-state index < -0.39 is 0 Å². The van der Waals surface area contributed by atoms with Crippen molar-refractivity contribution in [3.05, 3.63) is 101 Å². The van der Waals surface area contributed by atoms with Gasteiger partial charge in [0, 0.05) is 5.56 Å². The number of benzene rings is 3. The molecule has 0 aliphatic carbocycles. The van der Waals surface area contributed by atoms with Crippen LogP contribution >= 0.6 is 11.8 Å². The Morgan fingerprint density at radius 3 is 2.51 bits per heavy atom. The summed E-state index contributed by atoms with van der Waals surface area (Å²) < 4.78 is 18.4. The van der Waals surface area contributed by atoms with E-state index in [2.05, 4.69) is 4.98 Å². The molecule has 0 amide bonds. The maximum absolute atomic E-state index is 13.4. The first-order valence-electron chi connectivity index (χ1n) is 11.0. The van der Waals surface area contributed by atoms with Crippen molar-refractivity contribution in [1.82, 2.24) is 14.5 Å². The molecular weight excluding hydrogens is 462 g/mol. The van der Waals surface area contributed by atoms with Crippen molar-refractivity contribution in [2.24, 2.45) is 0 Å².